The van der Waals surface area contributed by atoms with Crippen molar-refractivity contribution < 1.29 is 13.9 Å². The van der Waals surface area contributed by atoms with Gasteiger partial charge in [0.05, 0.1) is 0 Å². The Morgan fingerprint density at radius 3 is 2.83 bits per heavy atom. The van der Waals surface area contributed by atoms with Gasteiger partial charge in [-0.3, -0.25) is 4.79 Å². The summed E-state index contributed by atoms with van der Waals surface area (Å²) < 4.78 is 11.1. The molecule has 0 radical (unpaired) electrons. The Morgan fingerprint density at radius 2 is 2.00 bits per heavy atom. The van der Waals surface area contributed by atoms with Gasteiger partial charge in [0.25, 0.3) is 5.91 Å². The van der Waals surface area contributed by atoms with Crippen LogP contribution in [0.2, 0.25) is 0 Å². The maximum Gasteiger partial charge on any atom is 0.262 e. The molecule has 0 saturated heterocycles. The summed E-state index contributed by atoms with van der Waals surface area (Å²) in [5, 5.41) is 2.80. The molecule has 1 aromatic heterocycles. The zero-order valence-electron chi connectivity index (χ0n) is 13.3. The van der Waals surface area contributed by atoms with Gasteiger partial charge >= 0.3 is 0 Å². The topological polar surface area (TPSA) is 64.4 Å². The van der Waals surface area contributed by atoms with Gasteiger partial charge in [0.2, 0.25) is 0 Å². The second kappa shape index (κ2) is 6.12. The van der Waals surface area contributed by atoms with E-state index in [1.54, 1.807) is 19.1 Å². The molecule has 0 unspecified atom stereocenters. The molecular formula is C18H18N2O3. The summed E-state index contributed by atoms with van der Waals surface area (Å²) in [5.41, 5.74) is 4.17. The van der Waals surface area contributed by atoms with Gasteiger partial charge in [-0.15, -0.1) is 0 Å². The number of hydrogen-bond donors (Lipinski definition) is 1. The van der Waals surface area contributed by atoms with Crippen LogP contribution >= 0.6 is 0 Å². The molecule has 5 nitrogen and oxygen atoms in total. The van der Waals surface area contributed by atoms with Crippen molar-refractivity contribution in [1.82, 2.24) is 4.98 Å². The lowest BCUT2D eigenvalue weighted by Crippen LogP contribution is -2.20. The first-order valence-corrected chi connectivity index (χ1v) is 7.38. The number of aryl methyl sites for hydroxylation is 3. The van der Waals surface area contributed by atoms with Crippen LogP contribution < -0.4 is 10.1 Å². The number of ether oxygens (including phenoxy) is 1. The Hall–Kier alpha value is -2.82. The quantitative estimate of drug-likeness (QED) is 0.796. The molecule has 1 amide bonds. The molecule has 0 saturated carbocycles. The molecule has 3 aromatic rings. The van der Waals surface area contributed by atoms with Crippen molar-refractivity contribution in [2.45, 2.75) is 20.8 Å². The van der Waals surface area contributed by atoms with E-state index in [-0.39, 0.29) is 12.5 Å². The van der Waals surface area contributed by atoms with Gasteiger partial charge in [-0.25, -0.2) is 4.98 Å². The van der Waals surface area contributed by atoms with E-state index in [1.807, 2.05) is 38.1 Å². The summed E-state index contributed by atoms with van der Waals surface area (Å²) >= 11 is 0. The van der Waals surface area contributed by atoms with Crippen LogP contribution in [-0.2, 0) is 4.79 Å². The van der Waals surface area contributed by atoms with Gasteiger partial charge in [0.15, 0.2) is 18.1 Å². The summed E-state index contributed by atoms with van der Waals surface area (Å²) in [5.74, 6) is 1.10. The molecule has 0 bridgehead atoms. The number of hydrogen-bond acceptors (Lipinski definition) is 4. The normalized spacial score (nSPS) is 10.7. The number of benzene rings is 2. The first-order valence-electron chi connectivity index (χ1n) is 7.38. The Labute approximate surface area is 134 Å². The van der Waals surface area contributed by atoms with Crippen molar-refractivity contribution in [3.05, 3.63) is 53.4 Å². The van der Waals surface area contributed by atoms with Crippen molar-refractivity contribution in [1.29, 1.82) is 0 Å². The van der Waals surface area contributed by atoms with E-state index in [0.717, 1.165) is 22.4 Å². The molecule has 0 fully saturated rings. The highest BCUT2D eigenvalue weighted by Crippen LogP contribution is 2.21. The van der Waals surface area contributed by atoms with Crippen LogP contribution in [-0.4, -0.2) is 17.5 Å². The summed E-state index contributed by atoms with van der Waals surface area (Å²) in [7, 11) is 0. The minimum absolute atomic E-state index is 0.0439. The van der Waals surface area contributed by atoms with Crippen molar-refractivity contribution in [2.75, 3.05) is 11.9 Å². The summed E-state index contributed by atoms with van der Waals surface area (Å²) in [6.45, 7) is 5.68. The van der Waals surface area contributed by atoms with Crippen molar-refractivity contribution in [3.63, 3.8) is 0 Å². The fourth-order valence-electron chi connectivity index (χ4n) is 2.32. The number of nitrogens with one attached hydrogen (secondary N) is 1. The van der Waals surface area contributed by atoms with Crippen LogP contribution in [0.15, 0.2) is 40.8 Å². The second-order valence-electron chi connectivity index (χ2n) is 5.52. The maximum absolute atomic E-state index is 12.0. The average Bonchev–Trinajstić information content (AvgIpc) is 2.87. The fraction of sp³-hybridized carbons (Fsp3) is 0.222. The Balaban J connectivity index is 1.65. The molecule has 1 N–H and O–H groups in total. The van der Waals surface area contributed by atoms with E-state index in [9.17, 15) is 4.79 Å². The largest absolute Gasteiger partial charge is 0.483 e. The predicted molar refractivity (Wildman–Crippen MR) is 88.8 cm³/mol. The smallest absolute Gasteiger partial charge is 0.262 e. The lowest BCUT2D eigenvalue weighted by atomic mass is 10.1. The lowest BCUT2D eigenvalue weighted by molar-refractivity contribution is -0.118. The van der Waals surface area contributed by atoms with Crippen LogP contribution in [0.5, 0.6) is 5.75 Å². The number of carbonyl (C=O) groups is 1. The molecule has 118 valence electrons. The zero-order valence-corrected chi connectivity index (χ0v) is 13.3. The van der Waals surface area contributed by atoms with Crippen molar-refractivity contribution in [2.24, 2.45) is 0 Å². The minimum Gasteiger partial charge on any atom is -0.483 e. The van der Waals surface area contributed by atoms with Crippen LogP contribution in [0.1, 0.15) is 17.0 Å². The van der Waals surface area contributed by atoms with Crippen LogP contribution in [0, 0.1) is 20.8 Å². The van der Waals surface area contributed by atoms with Crippen LogP contribution in [0.25, 0.3) is 11.1 Å². The molecule has 5 heteroatoms. The van der Waals surface area contributed by atoms with E-state index >= 15 is 0 Å². The predicted octanol–water partition coefficient (Wildman–Crippen LogP) is 3.77. The number of fused-ring (bicyclic) bond motifs is 1. The lowest BCUT2D eigenvalue weighted by Gasteiger charge is -2.10. The van der Waals surface area contributed by atoms with Gasteiger partial charge < -0.3 is 14.5 Å². The molecule has 3 rings (SSSR count). The molecule has 0 spiro atoms. The van der Waals surface area contributed by atoms with Crippen molar-refractivity contribution in [3.8, 4) is 5.75 Å². The number of nitrogens with zero attached hydrogens (tertiary/aromatic N) is 1. The molecule has 0 aliphatic rings. The zero-order chi connectivity index (χ0) is 16.4. The highest BCUT2D eigenvalue weighted by molar-refractivity contribution is 5.93. The molecule has 1 heterocycles. The first kappa shape index (κ1) is 15.1. The monoisotopic (exact) mass is 310 g/mol. The molecule has 23 heavy (non-hydrogen) atoms. The van der Waals surface area contributed by atoms with Crippen LogP contribution in [0.3, 0.4) is 0 Å². The Morgan fingerprint density at radius 1 is 1.17 bits per heavy atom. The highest BCUT2D eigenvalue weighted by atomic mass is 16.5. The molecular weight excluding hydrogens is 292 g/mol. The number of anilines is 1. The maximum atomic E-state index is 12.0. The average molecular weight is 310 g/mol. The number of rotatable bonds is 4. The molecule has 0 aliphatic carbocycles. The number of amides is 1. The van der Waals surface area contributed by atoms with Crippen molar-refractivity contribution >= 4 is 22.7 Å². The first-order chi connectivity index (χ1) is 11.0. The van der Waals surface area contributed by atoms with Gasteiger partial charge in [0, 0.05) is 18.7 Å². The fourth-order valence-corrected chi connectivity index (χ4v) is 2.32. The summed E-state index contributed by atoms with van der Waals surface area (Å²) in [4.78, 5) is 16.3. The van der Waals surface area contributed by atoms with Crippen LogP contribution in [0.4, 0.5) is 5.69 Å². The summed E-state index contributed by atoms with van der Waals surface area (Å²) in [6.07, 6.45) is 0. The van der Waals surface area contributed by atoms with E-state index in [4.69, 9.17) is 9.15 Å². The van der Waals surface area contributed by atoms with E-state index < -0.39 is 0 Å². The highest BCUT2D eigenvalue weighted by Gasteiger charge is 2.08. The Bertz CT molecular complexity index is 868. The van der Waals surface area contributed by atoms with Gasteiger partial charge in [0.1, 0.15) is 11.3 Å². The molecule has 2 aromatic carbocycles. The minimum atomic E-state index is -0.221. The third kappa shape index (κ3) is 3.51. The second-order valence-corrected chi connectivity index (χ2v) is 5.52. The van der Waals surface area contributed by atoms with E-state index in [0.29, 0.717) is 17.2 Å². The van der Waals surface area contributed by atoms with Gasteiger partial charge in [-0.1, -0.05) is 12.1 Å². The number of carbonyl (C=O) groups excluding carboxylic acids is 1. The third-order valence-electron chi connectivity index (χ3n) is 3.48. The standard InChI is InChI=1S/C18H18N2O3/c1-11-4-5-12(2)16(8-11)22-10-18(21)20-14-6-7-15-17(9-14)23-13(3)19-15/h4-9H,10H2,1-3H3,(H,20,21). The van der Waals surface area contributed by atoms with Gasteiger partial charge in [-0.2, -0.15) is 0 Å². The Kier molecular flexibility index (Phi) is 4.02. The number of aromatic nitrogens is 1. The molecule has 0 aliphatic heterocycles. The number of oxazole rings is 1. The molecule has 0 atom stereocenters. The van der Waals surface area contributed by atoms with E-state index in [2.05, 4.69) is 10.3 Å². The summed E-state index contributed by atoms with van der Waals surface area (Å²) in [6, 6.07) is 11.3. The third-order valence-corrected chi connectivity index (χ3v) is 3.48. The van der Waals surface area contributed by atoms with Gasteiger partial charge in [-0.05, 0) is 43.2 Å². The van der Waals surface area contributed by atoms with E-state index in [1.165, 1.54) is 0 Å². The SMILES string of the molecule is Cc1ccc(C)c(OCC(=O)Nc2ccc3nc(C)oc3c2)c1.